The molecule has 0 aromatic heterocycles. The zero-order chi connectivity index (χ0) is 11.8. The van der Waals surface area contributed by atoms with Crippen molar-refractivity contribution in [1.29, 1.82) is 0 Å². The molecule has 0 bridgehead atoms. The molecule has 2 rings (SSSR count). The molecule has 0 radical (unpaired) electrons. The molecule has 3 N–H and O–H groups in total. The summed E-state index contributed by atoms with van der Waals surface area (Å²) in [4.78, 5) is 9.91. The highest BCUT2D eigenvalue weighted by Crippen LogP contribution is 2.60. The lowest BCUT2D eigenvalue weighted by atomic mass is 10.2. The third-order valence-electron chi connectivity index (χ3n) is 2.99. The van der Waals surface area contributed by atoms with Crippen molar-refractivity contribution in [2.75, 3.05) is 0 Å². The maximum atomic E-state index is 12.1. The van der Waals surface area contributed by atoms with Crippen molar-refractivity contribution in [1.82, 2.24) is 0 Å². The number of para-hydroxylation sites is 1. The van der Waals surface area contributed by atoms with Crippen molar-refractivity contribution in [2.24, 2.45) is 11.7 Å². The van der Waals surface area contributed by atoms with Crippen LogP contribution < -0.4 is 10.3 Å². The van der Waals surface area contributed by atoms with Crippen molar-refractivity contribution >= 4 is 7.60 Å². The fraction of sp³-hybridized carbons (Fsp3) is 0.455. The van der Waals surface area contributed by atoms with Gasteiger partial charge in [0.1, 0.15) is 11.0 Å². The molecule has 1 aliphatic carbocycles. The minimum Gasteiger partial charge on any atom is -0.423 e. The molecule has 0 amide bonds. The maximum absolute atomic E-state index is 12.1. The summed E-state index contributed by atoms with van der Waals surface area (Å²) in [6.07, 6.45) is 1.80. The van der Waals surface area contributed by atoms with Crippen molar-refractivity contribution in [3.8, 4) is 5.75 Å². The maximum Gasteiger partial charge on any atom is 0.396 e. The Morgan fingerprint density at radius 2 is 2.00 bits per heavy atom. The van der Waals surface area contributed by atoms with Gasteiger partial charge in [0.15, 0.2) is 0 Å². The van der Waals surface area contributed by atoms with Crippen LogP contribution in [0.1, 0.15) is 19.8 Å². The highest BCUT2D eigenvalue weighted by molar-refractivity contribution is 7.55. The van der Waals surface area contributed by atoms with Crippen LogP contribution in [0.4, 0.5) is 0 Å². The van der Waals surface area contributed by atoms with E-state index in [-0.39, 0.29) is 5.92 Å². The molecule has 4 nitrogen and oxygen atoms in total. The Kier molecular flexibility index (Phi) is 2.82. The predicted molar refractivity (Wildman–Crippen MR) is 62.2 cm³/mol. The summed E-state index contributed by atoms with van der Waals surface area (Å²) in [6.45, 7) is 1.59. The first kappa shape index (κ1) is 11.6. The molecule has 2 atom stereocenters. The van der Waals surface area contributed by atoms with E-state index >= 15 is 0 Å². The molecule has 1 saturated carbocycles. The second-order valence-corrected chi connectivity index (χ2v) is 6.61. The fourth-order valence-electron chi connectivity index (χ4n) is 1.62. The van der Waals surface area contributed by atoms with Crippen LogP contribution in [0.3, 0.4) is 0 Å². The van der Waals surface area contributed by atoms with Crippen LogP contribution in [0.2, 0.25) is 0 Å². The fourth-order valence-corrected chi connectivity index (χ4v) is 2.94. The van der Waals surface area contributed by atoms with Crippen LogP contribution in [-0.2, 0) is 4.57 Å². The third kappa shape index (κ3) is 2.14. The van der Waals surface area contributed by atoms with E-state index in [1.165, 1.54) is 0 Å². The van der Waals surface area contributed by atoms with Crippen LogP contribution in [0.25, 0.3) is 0 Å². The van der Waals surface area contributed by atoms with Crippen LogP contribution in [0.5, 0.6) is 5.75 Å². The summed E-state index contributed by atoms with van der Waals surface area (Å²) in [5.41, 5.74) is 5.91. The Balaban J connectivity index is 2.17. The van der Waals surface area contributed by atoms with Gasteiger partial charge in [-0.1, -0.05) is 18.2 Å². The summed E-state index contributed by atoms with van der Waals surface area (Å²) in [7, 11) is -3.83. The first-order chi connectivity index (χ1) is 7.43. The molecule has 1 fully saturated rings. The van der Waals surface area contributed by atoms with E-state index in [2.05, 4.69) is 0 Å². The second kappa shape index (κ2) is 3.88. The monoisotopic (exact) mass is 241 g/mol. The molecule has 0 heterocycles. The molecule has 1 aliphatic rings. The summed E-state index contributed by atoms with van der Waals surface area (Å²) in [5.74, 6) is 0.470. The SMILES string of the molecule is CC(N)(C1CC1)P(=O)(O)Oc1ccccc1. The van der Waals surface area contributed by atoms with Gasteiger partial charge in [-0.3, -0.25) is 0 Å². The van der Waals surface area contributed by atoms with Crippen LogP contribution in [-0.4, -0.2) is 10.2 Å². The topological polar surface area (TPSA) is 72.6 Å². The van der Waals surface area contributed by atoms with Gasteiger partial charge in [0, 0.05) is 0 Å². The molecule has 5 heteroatoms. The molecule has 2 unspecified atom stereocenters. The Morgan fingerprint density at radius 1 is 1.44 bits per heavy atom. The zero-order valence-electron chi connectivity index (χ0n) is 9.17. The van der Waals surface area contributed by atoms with E-state index < -0.39 is 12.9 Å². The highest BCUT2D eigenvalue weighted by Gasteiger charge is 2.53. The lowest BCUT2D eigenvalue weighted by Gasteiger charge is -2.29. The van der Waals surface area contributed by atoms with E-state index in [0.717, 1.165) is 12.8 Å². The molecule has 88 valence electrons. The standard InChI is InChI=1S/C11H16NO3P/c1-11(12,9-7-8-9)16(13,14)15-10-5-3-2-4-6-10/h2-6,9H,7-8,12H2,1H3,(H,13,14). The normalized spacial score (nSPS) is 23.2. The smallest absolute Gasteiger partial charge is 0.396 e. The molecule has 0 spiro atoms. The number of hydrogen-bond acceptors (Lipinski definition) is 3. The Hall–Kier alpha value is -0.830. The van der Waals surface area contributed by atoms with Gasteiger partial charge in [-0.15, -0.1) is 0 Å². The predicted octanol–water partition coefficient (Wildman–Crippen LogP) is 2.34. The lowest BCUT2D eigenvalue weighted by molar-refractivity contribution is 0.326. The number of nitrogens with two attached hydrogens (primary N) is 1. The van der Waals surface area contributed by atoms with Gasteiger partial charge in [-0.2, -0.15) is 0 Å². The Bertz CT molecular complexity index is 414. The minimum absolute atomic E-state index is 0.0899. The Morgan fingerprint density at radius 3 is 2.50 bits per heavy atom. The quantitative estimate of drug-likeness (QED) is 0.793. The average molecular weight is 241 g/mol. The van der Waals surface area contributed by atoms with Gasteiger partial charge in [-0.25, -0.2) is 4.57 Å². The van der Waals surface area contributed by atoms with Gasteiger partial charge in [0.25, 0.3) is 0 Å². The van der Waals surface area contributed by atoms with Gasteiger partial charge < -0.3 is 15.2 Å². The van der Waals surface area contributed by atoms with Gasteiger partial charge in [0.2, 0.25) is 0 Å². The molecule has 1 aromatic rings. The molecule has 0 saturated heterocycles. The highest BCUT2D eigenvalue weighted by atomic mass is 31.2. The number of rotatable bonds is 4. The molecule has 16 heavy (non-hydrogen) atoms. The van der Waals surface area contributed by atoms with Gasteiger partial charge >= 0.3 is 7.60 Å². The van der Waals surface area contributed by atoms with Crippen molar-refractivity contribution in [3.63, 3.8) is 0 Å². The first-order valence-electron chi connectivity index (χ1n) is 5.30. The molecule has 0 aliphatic heterocycles. The average Bonchev–Trinajstić information content (AvgIpc) is 3.01. The summed E-state index contributed by atoms with van der Waals surface area (Å²) in [5, 5.41) is -1.15. The van der Waals surface area contributed by atoms with E-state index in [1.807, 2.05) is 6.07 Å². The summed E-state index contributed by atoms with van der Waals surface area (Å²) < 4.78 is 17.2. The Labute approximate surface area is 95.0 Å². The van der Waals surface area contributed by atoms with Crippen molar-refractivity contribution < 1.29 is 14.0 Å². The van der Waals surface area contributed by atoms with Crippen LogP contribution in [0, 0.1) is 5.92 Å². The molecule has 1 aromatic carbocycles. The van der Waals surface area contributed by atoms with E-state index in [0.29, 0.717) is 5.75 Å². The minimum atomic E-state index is -3.83. The second-order valence-electron chi connectivity index (χ2n) is 4.42. The van der Waals surface area contributed by atoms with Gasteiger partial charge in [0.05, 0.1) is 0 Å². The number of hydrogen-bond donors (Lipinski definition) is 2. The van der Waals surface area contributed by atoms with Gasteiger partial charge in [-0.05, 0) is 37.8 Å². The molecular formula is C11H16NO3P. The summed E-state index contributed by atoms with van der Waals surface area (Å²) >= 11 is 0. The van der Waals surface area contributed by atoms with Crippen LogP contribution in [0.15, 0.2) is 30.3 Å². The van der Waals surface area contributed by atoms with E-state index in [4.69, 9.17) is 10.3 Å². The summed E-state index contributed by atoms with van der Waals surface area (Å²) in [6, 6.07) is 8.61. The largest absolute Gasteiger partial charge is 0.423 e. The first-order valence-corrected chi connectivity index (χ1v) is 6.87. The third-order valence-corrected chi connectivity index (χ3v) is 5.03. The van der Waals surface area contributed by atoms with E-state index in [9.17, 15) is 9.46 Å². The van der Waals surface area contributed by atoms with E-state index in [1.54, 1.807) is 31.2 Å². The lowest BCUT2D eigenvalue weighted by Crippen LogP contribution is -2.39. The zero-order valence-corrected chi connectivity index (χ0v) is 10.1. The van der Waals surface area contributed by atoms with Crippen molar-refractivity contribution in [2.45, 2.75) is 25.0 Å². The molecular weight excluding hydrogens is 225 g/mol. The van der Waals surface area contributed by atoms with Crippen molar-refractivity contribution in [3.05, 3.63) is 30.3 Å². The number of benzene rings is 1. The van der Waals surface area contributed by atoms with Crippen LogP contribution >= 0.6 is 7.60 Å².